The number of amides is 3. The van der Waals surface area contributed by atoms with Crippen LogP contribution in [0.4, 0.5) is 4.79 Å². The summed E-state index contributed by atoms with van der Waals surface area (Å²) in [6.07, 6.45) is 0. The first kappa shape index (κ1) is 16.7. The van der Waals surface area contributed by atoms with E-state index in [1.165, 1.54) is 0 Å². The molecule has 0 aliphatic carbocycles. The largest absolute Gasteiger partial charge is 0.351 e. The topological polar surface area (TPSA) is 75.4 Å². The fourth-order valence-corrected chi connectivity index (χ4v) is 2.39. The number of hydrogen-bond donors (Lipinski definition) is 2. The van der Waals surface area contributed by atoms with E-state index in [1.54, 1.807) is 6.92 Å². The Hall–Kier alpha value is -2.66. The Morgan fingerprint density at radius 2 is 1.70 bits per heavy atom. The van der Waals surface area contributed by atoms with Crippen LogP contribution in [0.1, 0.15) is 12.5 Å². The van der Waals surface area contributed by atoms with Crippen molar-refractivity contribution in [3.8, 4) is 11.1 Å². The molecule has 5 nitrogen and oxygen atoms in total. The molecule has 0 unspecified atom stereocenters. The van der Waals surface area contributed by atoms with Gasteiger partial charge in [-0.1, -0.05) is 54.6 Å². The summed E-state index contributed by atoms with van der Waals surface area (Å²) in [5.74, 6) is -0.405. The van der Waals surface area contributed by atoms with Crippen LogP contribution in [0.5, 0.6) is 0 Å². The van der Waals surface area contributed by atoms with Crippen molar-refractivity contribution in [3.05, 3.63) is 60.2 Å². The lowest BCUT2D eigenvalue weighted by Gasteiger charge is -2.24. The molecule has 0 heterocycles. The van der Waals surface area contributed by atoms with Gasteiger partial charge < -0.3 is 5.73 Å². The highest BCUT2D eigenvalue weighted by Crippen LogP contribution is 2.24. The van der Waals surface area contributed by atoms with Gasteiger partial charge in [-0.3, -0.25) is 15.0 Å². The van der Waals surface area contributed by atoms with Gasteiger partial charge in [-0.05, 0) is 30.7 Å². The predicted octanol–water partition coefficient (Wildman–Crippen LogP) is 2.37. The van der Waals surface area contributed by atoms with Crippen LogP contribution in [0.25, 0.3) is 11.1 Å². The van der Waals surface area contributed by atoms with E-state index in [0.29, 0.717) is 6.54 Å². The average Bonchev–Trinajstić information content (AvgIpc) is 2.54. The van der Waals surface area contributed by atoms with Crippen molar-refractivity contribution in [2.45, 2.75) is 19.5 Å². The smallest absolute Gasteiger partial charge is 0.318 e. The molecule has 0 saturated heterocycles. The van der Waals surface area contributed by atoms with Crippen LogP contribution in [0.2, 0.25) is 0 Å². The van der Waals surface area contributed by atoms with Crippen LogP contribution in [0.3, 0.4) is 0 Å². The van der Waals surface area contributed by atoms with Crippen LogP contribution >= 0.6 is 0 Å². The SMILES string of the molecule is C[C@@H](C(=O)NC(N)=O)N(C)Cc1ccccc1-c1ccccc1. The molecule has 0 saturated carbocycles. The third-order valence-corrected chi connectivity index (χ3v) is 3.81. The van der Waals surface area contributed by atoms with Crippen LogP contribution in [-0.4, -0.2) is 29.9 Å². The van der Waals surface area contributed by atoms with Crippen LogP contribution in [0.15, 0.2) is 54.6 Å². The number of hydrogen-bond acceptors (Lipinski definition) is 3. The van der Waals surface area contributed by atoms with E-state index >= 15 is 0 Å². The van der Waals surface area contributed by atoms with Crippen molar-refractivity contribution < 1.29 is 9.59 Å². The number of nitrogens with two attached hydrogens (primary N) is 1. The van der Waals surface area contributed by atoms with Gasteiger partial charge in [0.15, 0.2) is 0 Å². The molecule has 23 heavy (non-hydrogen) atoms. The van der Waals surface area contributed by atoms with Crippen molar-refractivity contribution in [3.63, 3.8) is 0 Å². The Labute approximate surface area is 136 Å². The lowest BCUT2D eigenvalue weighted by Crippen LogP contribution is -2.46. The highest BCUT2D eigenvalue weighted by atomic mass is 16.2. The number of urea groups is 1. The molecular formula is C18H21N3O2. The molecule has 0 fully saturated rings. The number of nitrogens with one attached hydrogen (secondary N) is 1. The second-order valence-corrected chi connectivity index (χ2v) is 5.47. The van der Waals surface area contributed by atoms with E-state index in [9.17, 15) is 9.59 Å². The Balaban J connectivity index is 2.17. The molecule has 2 aromatic carbocycles. The number of imide groups is 1. The Morgan fingerprint density at radius 3 is 2.35 bits per heavy atom. The zero-order valence-electron chi connectivity index (χ0n) is 13.3. The van der Waals surface area contributed by atoms with E-state index in [-0.39, 0.29) is 0 Å². The maximum absolute atomic E-state index is 11.9. The van der Waals surface area contributed by atoms with Crippen molar-refractivity contribution in [2.75, 3.05) is 7.05 Å². The number of primary amides is 1. The lowest BCUT2D eigenvalue weighted by atomic mass is 9.99. The number of carbonyl (C=O) groups excluding carboxylic acids is 2. The van der Waals surface area contributed by atoms with E-state index in [4.69, 9.17) is 5.73 Å². The van der Waals surface area contributed by atoms with E-state index in [0.717, 1.165) is 16.7 Å². The number of nitrogens with zero attached hydrogens (tertiary/aromatic N) is 1. The van der Waals surface area contributed by atoms with Crippen LogP contribution in [0, 0.1) is 0 Å². The minimum atomic E-state index is -0.833. The molecule has 1 atom stereocenters. The summed E-state index contributed by atoms with van der Waals surface area (Å²) in [7, 11) is 1.84. The number of rotatable bonds is 5. The molecule has 0 spiro atoms. The predicted molar refractivity (Wildman–Crippen MR) is 90.5 cm³/mol. The minimum absolute atomic E-state index is 0.405. The molecule has 5 heteroatoms. The summed E-state index contributed by atoms with van der Waals surface area (Å²) in [5.41, 5.74) is 8.36. The Kier molecular flexibility index (Phi) is 5.49. The lowest BCUT2D eigenvalue weighted by molar-refractivity contribution is -0.124. The molecule has 0 aliphatic heterocycles. The normalized spacial score (nSPS) is 12.0. The van der Waals surface area contributed by atoms with Gasteiger partial charge >= 0.3 is 6.03 Å². The van der Waals surface area contributed by atoms with Crippen molar-refractivity contribution in [1.82, 2.24) is 10.2 Å². The summed E-state index contributed by atoms with van der Waals surface area (Å²) >= 11 is 0. The number of benzene rings is 2. The third kappa shape index (κ3) is 4.40. The van der Waals surface area contributed by atoms with E-state index < -0.39 is 18.0 Å². The van der Waals surface area contributed by atoms with Gasteiger partial charge in [0, 0.05) is 6.54 Å². The highest BCUT2D eigenvalue weighted by molar-refractivity contribution is 5.96. The molecule has 2 aromatic rings. The molecule has 0 aromatic heterocycles. The molecule has 0 radical (unpaired) electrons. The molecule has 0 bridgehead atoms. The number of carbonyl (C=O) groups is 2. The fourth-order valence-electron chi connectivity index (χ4n) is 2.39. The zero-order chi connectivity index (χ0) is 16.8. The summed E-state index contributed by atoms with van der Waals surface area (Å²) < 4.78 is 0. The Morgan fingerprint density at radius 1 is 1.09 bits per heavy atom. The van der Waals surface area contributed by atoms with Gasteiger partial charge in [-0.2, -0.15) is 0 Å². The minimum Gasteiger partial charge on any atom is -0.351 e. The first-order valence-electron chi connectivity index (χ1n) is 7.43. The zero-order valence-corrected chi connectivity index (χ0v) is 13.3. The van der Waals surface area contributed by atoms with Crippen molar-refractivity contribution in [1.29, 1.82) is 0 Å². The van der Waals surface area contributed by atoms with E-state index in [2.05, 4.69) is 23.5 Å². The maximum Gasteiger partial charge on any atom is 0.318 e. The average molecular weight is 311 g/mol. The molecule has 120 valence electrons. The van der Waals surface area contributed by atoms with Crippen LogP contribution < -0.4 is 11.1 Å². The highest BCUT2D eigenvalue weighted by Gasteiger charge is 2.20. The Bertz CT molecular complexity index is 686. The van der Waals surface area contributed by atoms with Gasteiger partial charge in [0.1, 0.15) is 0 Å². The van der Waals surface area contributed by atoms with E-state index in [1.807, 2.05) is 48.3 Å². The first-order chi connectivity index (χ1) is 11.0. The standard InChI is InChI=1S/C18H21N3O2/c1-13(17(22)20-18(19)23)21(2)12-15-10-6-7-11-16(15)14-8-4-3-5-9-14/h3-11,13H,12H2,1-2H3,(H3,19,20,22,23)/t13-/m0/s1. The third-order valence-electron chi connectivity index (χ3n) is 3.81. The van der Waals surface area contributed by atoms with Crippen molar-refractivity contribution in [2.24, 2.45) is 5.73 Å². The maximum atomic E-state index is 11.9. The molecular weight excluding hydrogens is 290 g/mol. The fraction of sp³-hybridized carbons (Fsp3) is 0.222. The molecule has 0 aliphatic rings. The molecule has 2 rings (SSSR count). The van der Waals surface area contributed by atoms with Gasteiger partial charge in [-0.15, -0.1) is 0 Å². The van der Waals surface area contributed by atoms with Crippen molar-refractivity contribution >= 4 is 11.9 Å². The second kappa shape index (κ2) is 7.56. The summed E-state index contributed by atoms with van der Waals surface area (Å²) in [6, 6.07) is 16.9. The van der Waals surface area contributed by atoms with Gasteiger partial charge in [0.05, 0.1) is 6.04 Å². The molecule has 3 amide bonds. The monoisotopic (exact) mass is 311 g/mol. The molecule has 3 N–H and O–H groups in total. The summed E-state index contributed by atoms with van der Waals surface area (Å²) in [4.78, 5) is 24.6. The summed E-state index contributed by atoms with van der Waals surface area (Å²) in [5, 5.41) is 2.11. The van der Waals surface area contributed by atoms with Gasteiger partial charge in [0.2, 0.25) is 5.91 Å². The van der Waals surface area contributed by atoms with Crippen LogP contribution in [-0.2, 0) is 11.3 Å². The number of likely N-dealkylation sites (N-methyl/N-ethyl adjacent to an activating group) is 1. The van der Waals surface area contributed by atoms with Gasteiger partial charge in [0.25, 0.3) is 0 Å². The quantitative estimate of drug-likeness (QED) is 0.890. The summed E-state index contributed by atoms with van der Waals surface area (Å²) in [6.45, 7) is 2.32. The first-order valence-corrected chi connectivity index (χ1v) is 7.43. The second-order valence-electron chi connectivity index (χ2n) is 5.47. The van der Waals surface area contributed by atoms with Gasteiger partial charge in [-0.25, -0.2) is 4.79 Å².